The van der Waals surface area contributed by atoms with Crippen LogP contribution in [0.5, 0.6) is 0 Å². The van der Waals surface area contributed by atoms with Gasteiger partial charge in [-0.15, -0.1) is 0 Å². The molecule has 1 heterocycles. The fourth-order valence-electron chi connectivity index (χ4n) is 1.52. The first-order valence-corrected chi connectivity index (χ1v) is 4.30. The van der Waals surface area contributed by atoms with Gasteiger partial charge in [0.05, 0.1) is 13.2 Å². The van der Waals surface area contributed by atoms with Gasteiger partial charge in [-0.1, -0.05) is 0 Å². The van der Waals surface area contributed by atoms with Gasteiger partial charge in [0.2, 0.25) is 0 Å². The quantitative estimate of drug-likeness (QED) is 0.729. The third-order valence-corrected chi connectivity index (χ3v) is 2.25. The van der Waals surface area contributed by atoms with Crippen molar-refractivity contribution in [3.8, 4) is 0 Å². The molecule has 0 saturated carbocycles. The van der Waals surface area contributed by atoms with Crippen molar-refractivity contribution in [3.05, 3.63) is 0 Å². The van der Waals surface area contributed by atoms with Crippen LogP contribution in [0, 0.1) is 0 Å². The number of aliphatic carboxylic acids is 1. The van der Waals surface area contributed by atoms with Crippen molar-refractivity contribution in [2.24, 2.45) is 0 Å². The molecule has 1 saturated heterocycles. The lowest BCUT2D eigenvalue weighted by atomic mass is 10.3. The predicted octanol–water partition coefficient (Wildman–Crippen LogP) is 0.427. The van der Waals surface area contributed by atoms with E-state index in [-0.39, 0.29) is 19.6 Å². The molecule has 1 aliphatic rings. The van der Waals surface area contributed by atoms with Crippen LogP contribution in [-0.2, 0) is 9.53 Å². The first kappa shape index (κ1) is 11.3. The van der Waals surface area contributed by atoms with E-state index >= 15 is 0 Å². The van der Waals surface area contributed by atoms with Gasteiger partial charge in [-0.25, -0.2) is 8.78 Å². The number of carboxylic acids is 1. The van der Waals surface area contributed by atoms with Gasteiger partial charge in [-0.05, 0) is 0 Å². The Morgan fingerprint density at radius 2 is 2.36 bits per heavy atom. The lowest BCUT2D eigenvalue weighted by molar-refractivity contribution is -0.145. The second-order valence-electron chi connectivity index (χ2n) is 3.39. The molecule has 1 fully saturated rings. The number of alkyl halides is 2. The molecule has 1 N–H and O–H groups in total. The van der Waals surface area contributed by atoms with Crippen LogP contribution >= 0.6 is 0 Å². The number of carbonyl (C=O) groups is 1. The summed E-state index contributed by atoms with van der Waals surface area (Å²) in [6, 6.07) is -0.964. The zero-order chi connectivity index (χ0) is 10.8. The second-order valence-corrected chi connectivity index (χ2v) is 3.39. The maximum atomic E-state index is 12.8. The van der Waals surface area contributed by atoms with Crippen LogP contribution in [0.25, 0.3) is 0 Å². The number of hydrogen-bond donors (Lipinski definition) is 1. The summed E-state index contributed by atoms with van der Waals surface area (Å²) in [5, 5.41) is 8.77. The molecule has 0 radical (unpaired) electrons. The van der Waals surface area contributed by atoms with Crippen LogP contribution in [0.2, 0.25) is 0 Å². The van der Waals surface area contributed by atoms with Crippen molar-refractivity contribution in [2.45, 2.75) is 18.4 Å². The Balaban J connectivity index is 2.58. The molecule has 0 spiro atoms. The molecule has 0 aliphatic carbocycles. The number of ether oxygens (including phenoxy) is 1. The summed E-state index contributed by atoms with van der Waals surface area (Å²) in [5.41, 5.74) is 0. The third-order valence-electron chi connectivity index (χ3n) is 2.25. The van der Waals surface area contributed by atoms with Gasteiger partial charge in [-0.3, -0.25) is 9.69 Å². The largest absolute Gasteiger partial charge is 0.480 e. The minimum atomic E-state index is -2.76. The second kappa shape index (κ2) is 4.18. The third kappa shape index (κ3) is 2.62. The molecule has 0 aromatic rings. The standard InChI is InChI=1S/C8H13F2NO3/c1-14-4-6(7(12)13)11-3-2-8(9,10)5-11/h6H,2-5H2,1H3,(H,12,13). The summed E-state index contributed by atoms with van der Waals surface area (Å²) in [5.74, 6) is -3.88. The van der Waals surface area contributed by atoms with E-state index in [1.165, 1.54) is 12.0 Å². The number of methoxy groups -OCH3 is 1. The van der Waals surface area contributed by atoms with Crippen LogP contribution in [0.4, 0.5) is 8.78 Å². The van der Waals surface area contributed by atoms with Crippen LogP contribution in [0.15, 0.2) is 0 Å². The zero-order valence-electron chi connectivity index (χ0n) is 7.87. The van der Waals surface area contributed by atoms with Gasteiger partial charge in [0.1, 0.15) is 6.04 Å². The van der Waals surface area contributed by atoms with Crippen LogP contribution in [0.3, 0.4) is 0 Å². The highest BCUT2D eigenvalue weighted by atomic mass is 19.3. The summed E-state index contributed by atoms with van der Waals surface area (Å²) in [4.78, 5) is 12.0. The van der Waals surface area contributed by atoms with E-state index in [1.54, 1.807) is 0 Å². The van der Waals surface area contributed by atoms with Crippen molar-refractivity contribution in [1.82, 2.24) is 4.90 Å². The summed E-state index contributed by atoms with van der Waals surface area (Å²) in [7, 11) is 1.35. The summed E-state index contributed by atoms with van der Waals surface area (Å²) in [6.07, 6.45) is -0.277. The fourth-order valence-corrected chi connectivity index (χ4v) is 1.52. The van der Waals surface area contributed by atoms with Crippen molar-refractivity contribution >= 4 is 5.97 Å². The number of carboxylic acid groups (broad SMARTS) is 1. The van der Waals surface area contributed by atoms with E-state index in [2.05, 4.69) is 4.74 Å². The molecule has 1 aliphatic heterocycles. The topological polar surface area (TPSA) is 49.8 Å². The molecule has 0 bridgehead atoms. The molecule has 0 aromatic heterocycles. The smallest absolute Gasteiger partial charge is 0.323 e. The van der Waals surface area contributed by atoms with E-state index in [0.717, 1.165) is 0 Å². The predicted molar refractivity (Wildman–Crippen MR) is 44.4 cm³/mol. The van der Waals surface area contributed by atoms with Gasteiger partial charge in [0.15, 0.2) is 0 Å². The Kier molecular flexibility index (Phi) is 3.38. The fraction of sp³-hybridized carbons (Fsp3) is 0.875. The van der Waals surface area contributed by atoms with E-state index in [9.17, 15) is 13.6 Å². The maximum Gasteiger partial charge on any atom is 0.323 e. The van der Waals surface area contributed by atoms with Crippen LogP contribution in [0.1, 0.15) is 6.42 Å². The number of nitrogens with zero attached hydrogens (tertiary/aromatic N) is 1. The molecule has 0 aromatic carbocycles. The first-order chi connectivity index (χ1) is 6.46. The molecule has 82 valence electrons. The number of rotatable bonds is 4. The molecule has 1 unspecified atom stereocenters. The molecular formula is C8H13F2NO3. The number of hydrogen-bond acceptors (Lipinski definition) is 3. The zero-order valence-corrected chi connectivity index (χ0v) is 7.87. The molecule has 0 amide bonds. The van der Waals surface area contributed by atoms with E-state index in [0.29, 0.717) is 0 Å². The lowest BCUT2D eigenvalue weighted by Gasteiger charge is -2.22. The minimum Gasteiger partial charge on any atom is -0.480 e. The van der Waals surface area contributed by atoms with Gasteiger partial charge >= 0.3 is 5.97 Å². The minimum absolute atomic E-state index is 0.0641. The van der Waals surface area contributed by atoms with Crippen molar-refractivity contribution in [2.75, 3.05) is 26.8 Å². The highest BCUT2D eigenvalue weighted by Gasteiger charge is 2.42. The highest BCUT2D eigenvalue weighted by molar-refractivity contribution is 5.73. The Morgan fingerprint density at radius 3 is 2.71 bits per heavy atom. The molecule has 4 nitrogen and oxygen atoms in total. The Labute approximate surface area is 80.4 Å². The summed E-state index contributed by atoms with van der Waals surface area (Å²) < 4.78 is 30.2. The summed E-state index contributed by atoms with van der Waals surface area (Å²) >= 11 is 0. The van der Waals surface area contributed by atoms with Crippen molar-refractivity contribution in [3.63, 3.8) is 0 Å². The van der Waals surface area contributed by atoms with Gasteiger partial charge in [0.25, 0.3) is 5.92 Å². The number of likely N-dealkylation sites (tertiary alicyclic amines) is 1. The van der Waals surface area contributed by atoms with E-state index in [4.69, 9.17) is 5.11 Å². The van der Waals surface area contributed by atoms with E-state index < -0.39 is 24.5 Å². The number of halogens is 2. The Morgan fingerprint density at radius 1 is 1.71 bits per heavy atom. The van der Waals surface area contributed by atoms with Gasteiger partial charge in [0, 0.05) is 20.1 Å². The van der Waals surface area contributed by atoms with Gasteiger partial charge in [-0.2, -0.15) is 0 Å². The van der Waals surface area contributed by atoms with Gasteiger partial charge < -0.3 is 9.84 Å². The average molecular weight is 209 g/mol. The molecular weight excluding hydrogens is 196 g/mol. The van der Waals surface area contributed by atoms with Crippen LogP contribution < -0.4 is 0 Å². The van der Waals surface area contributed by atoms with Crippen molar-refractivity contribution < 1.29 is 23.4 Å². The molecule has 1 rings (SSSR count). The highest BCUT2D eigenvalue weighted by Crippen LogP contribution is 2.28. The molecule has 6 heteroatoms. The Hall–Kier alpha value is -0.750. The lowest BCUT2D eigenvalue weighted by Crippen LogP contribution is -2.43. The molecule has 14 heavy (non-hydrogen) atoms. The normalized spacial score (nSPS) is 23.6. The SMILES string of the molecule is COCC(C(=O)O)N1CCC(F)(F)C1. The molecule has 1 atom stereocenters. The average Bonchev–Trinajstić information content (AvgIpc) is 2.41. The Bertz CT molecular complexity index is 223. The van der Waals surface area contributed by atoms with Crippen molar-refractivity contribution in [1.29, 1.82) is 0 Å². The maximum absolute atomic E-state index is 12.8. The summed E-state index contributed by atoms with van der Waals surface area (Å²) in [6.45, 7) is -0.452. The first-order valence-electron chi connectivity index (χ1n) is 4.30. The van der Waals surface area contributed by atoms with Crippen LogP contribution in [-0.4, -0.2) is 54.7 Å². The monoisotopic (exact) mass is 209 g/mol. The van der Waals surface area contributed by atoms with E-state index in [1.807, 2.05) is 0 Å².